The van der Waals surface area contributed by atoms with Crippen LogP contribution in [0.25, 0.3) is 0 Å². The maximum atomic E-state index is 13.1. The summed E-state index contributed by atoms with van der Waals surface area (Å²) in [6, 6.07) is 23.9. The lowest BCUT2D eigenvalue weighted by Gasteiger charge is -2.35. The summed E-state index contributed by atoms with van der Waals surface area (Å²) in [5.41, 5.74) is 5.08. The average Bonchev–Trinajstić information content (AvgIpc) is 2.85. The van der Waals surface area contributed by atoms with Gasteiger partial charge in [0.15, 0.2) is 0 Å². The molecule has 0 bridgehead atoms. The molecule has 5 nitrogen and oxygen atoms in total. The fraction of sp³-hybridized carbons (Fsp3) is 0.333. The number of nitrogens with one attached hydrogen (secondary N) is 2. The number of amides is 2. The summed E-state index contributed by atoms with van der Waals surface area (Å²) in [7, 11) is 0. The Morgan fingerprint density at radius 2 is 1.57 bits per heavy atom. The summed E-state index contributed by atoms with van der Waals surface area (Å²) >= 11 is 0. The first-order valence-corrected chi connectivity index (χ1v) is 12.5. The van der Waals surface area contributed by atoms with Gasteiger partial charge in [-0.2, -0.15) is 0 Å². The average molecular weight is 470 g/mol. The molecule has 4 rings (SSSR count). The minimum atomic E-state index is -0.173. The van der Waals surface area contributed by atoms with Gasteiger partial charge in [0.1, 0.15) is 0 Å². The SMILES string of the molecule is Cc1ccccc1C(=O)Nc1ccc(N2CCC(Cc3ccccc3)CC2)c(C(=O)NC(C)C)c1. The van der Waals surface area contributed by atoms with Gasteiger partial charge in [0.05, 0.1) is 5.56 Å². The summed E-state index contributed by atoms with van der Waals surface area (Å²) in [6.07, 6.45) is 3.27. The molecular formula is C30H35N3O2. The van der Waals surface area contributed by atoms with Crippen LogP contribution in [0.15, 0.2) is 72.8 Å². The molecule has 1 aliphatic rings. The Balaban J connectivity index is 1.51. The number of hydrogen-bond donors (Lipinski definition) is 2. The third-order valence-electron chi connectivity index (χ3n) is 6.63. The third kappa shape index (κ3) is 6.30. The van der Waals surface area contributed by atoms with E-state index in [-0.39, 0.29) is 17.9 Å². The number of rotatable bonds is 7. The Morgan fingerprint density at radius 1 is 0.886 bits per heavy atom. The molecule has 3 aromatic rings. The minimum absolute atomic E-state index is 0.0252. The molecule has 2 N–H and O–H groups in total. The first-order valence-electron chi connectivity index (χ1n) is 12.5. The molecule has 1 aliphatic heterocycles. The van der Waals surface area contributed by atoms with Gasteiger partial charge in [-0.15, -0.1) is 0 Å². The van der Waals surface area contributed by atoms with Crippen molar-refractivity contribution in [3.63, 3.8) is 0 Å². The largest absolute Gasteiger partial charge is 0.371 e. The highest BCUT2D eigenvalue weighted by Gasteiger charge is 2.24. The number of anilines is 2. The molecule has 0 atom stereocenters. The van der Waals surface area contributed by atoms with Crippen LogP contribution >= 0.6 is 0 Å². The normalized spacial score (nSPS) is 14.1. The molecule has 35 heavy (non-hydrogen) atoms. The zero-order chi connectivity index (χ0) is 24.8. The van der Waals surface area contributed by atoms with Gasteiger partial charge in [-0.1, -0.05) is 48.5 Å². The Morgan fingerprint density at radius 3 is 2.26 bits per heavy atom. The van der Waals surface area contributed by atoms with Gasteiger partial charge < -0.3 is 15.5 Å². The molecule has 1 fully saturated rings. The number of aryl methyl sites for hydroxylation is 1. The molecule has 0 unspecified atom stereocenters. The van der Waals surface area contributed by atoms with E-state index >= 15 is 0 Å². The van der Waals surface area contributed by atoms with E-state index in [1.54, 1.807) is 6.07 Å². The van der Waals surface area contributed by atoms with Crippen molar-refractivity contribution in [2.45, 2.75) is 46.1 Å². The van der Waals surface area contributed by atoms with Crippen LogP contribution in [-0.4, -0.2) is 30.9 Å². The Kier molecular flexibility index (Phi) is 7.86. The predicted octanol–water partition coefficient (Wildman–Crippen LogP) is 5.84. The lowest BCUT2D eigenvalue weighted by atomic mass is 9.89. The fourth-order valence-corrected chi connectivity index (χ4v) is 4.76. The number of piperidine rings is 1. The van der Waals surface area contributed by atoms with E-state index in [0.717, 1.165) is 43.6 Å². The van der Waals surface area contributed by atoms with E-state index in [1.807, 2.05) is 57.2 Å². The smallest absolute Gasteiger partial charge is 0.255 e. The predicted molar refractivity (Wildman–Crippen MR) is 143 cm³/mol. The van der Waals surface area contributed by atoms with Crippen molar-refractivity contribution in [3.05, 3.63) is 95.1 Å². The second-order valence-corrected chi connectivity index (χ2v) is 9.75. The van der Waals surface area contributed by atoms with E-state index in [4.69, 9.17) is 0 Å². The highest BCUT2D eigenvalue weighted by Crippen LogP contribution is 2.30. The van der Waals surface area contributed by atoms with E-state index in [0.29, 0.717) is 22.7 Å². The maximum Gasteiger partial charge on any atom is 0.255 e. The molecule has 0 radical (unpaired) electrons. The first-order chi connectivity index (χ1) is 16.9. The Bertz CT molecular complexity index is 1170. The topological polar surface area (TPSA) is 61.4 Å². The number of carbonyl (C=O) groups is 2. The summed E-state index contributed by atoms with van der Waals surface area (Å²) in [4.78, 5) is 28.3. The Labute approximate surface area is 208 Å². The second kappa shape index (κ2) is 11.2. The lowest BCUT2D eigenvalue weighted by Crippen LogP contribution is -2.37. The molecule has 5 heteroatoms. The third-order valence-corrected chi connectivity index (χ3v) is 6.63. The van der Waals surface area contributed by atoms with Crippen LogP contribution in [-0.2, 0) is 6.42 Å². The summed E-state index contributed by atoms with van der Waals surface area (Å²) in [5, 5.41) is 6.00. The van der Waals surface area contributed by atoms with Gasteiger partial charge in [0.2, 0.25) is 0 Å². The molecule has 3 aromatic carbocycles. The van der Waals surface area contributed by atoms with Gasteiger partial charge in [-0.3, -0.25) is 9.59 Å². The van der Waals surface area contributed by atoms with Gasteiger partial charge in [-0.05, 0) is 81.3 Å². The second-order valence-electron chi connectivity index (χ2n) is 9.75. The summed E-state index contributed by atoms with van der Waals surface area (Å²) in [5.74, 6) is 0.357. The van der Waals surface area contributed by atoms with Crippen molar-refractivity contribution in [1.29, 1.82) is 0 Å². The standard InChI is InChI=1S/C30H35N3O2/c1-21(2)31-30(35)27-20-25(32-29(34)26-12-8-7-9-22(26)3)13-14-28(27)33-17-15-24(16-18-33)19-23-10-5-4-6-11-23/h4-14,20-21,24H,15-19H2,1-3H3,(H,31,35)(H,32,34). The van der Waals surface area contributed by atoms with Crippen molar-refractivity contribution in [2.24, 2.45) is 5.92 Å². The van der Waals surface area contributed by atoms with Crippen molar-refractivity contribution < 1.29 is 9.59 Å². The van der Waals surface area contributed by atoms with Crippen LogP contribution in [0.2, 0.25) is 0 Å². The van der Waals surface area contributed by atoms with Crippen LogP contribution in [0, 0.1) is 12.8 Å². The van der Waals surface area contributed by atoms with Crippen LogP contribution in [0.5, 0.6) is 0 Å². The van der Waals surface area contributed by atoms with Crippen LogP contribution < -0.4 is 15.5 Å². The van der Waals surface area contributed by atoms with Crippen molar-refractivity contribution >= 4 is 23.2 Å². The molecule has 182 valence electrons. The van der Waals surface area contributed by atoms with Gasteiger partial charge in [-0.25, -0.2) is 0 Å². The van der Waals surface area contributed by atoms with Crippen molar-refractivity contribution in [1.82, 2.24) is 5.32 Å². The fourth-order valence-electron chi connectivity index (χ4n) is 4.76. The molecule has 0 aliphatic carbocycles. The van der Waals surface area contributed by atoms with Crippen molar-refractivity contribution in [3.8, 4) is 0 Å². The van der Waals surface area contributed by atoms with Crippen LogP contribution in [0.4, 0.5) is 11.4 Å². The number of carbonyl (C=O) groups excluding carboxylic acids is 2. The molecule has 2 amide bonds. The summed E-state index contributed by atoms with van der Waals surface area (Å²) < 4.78 is 0. The van der Waals surface area contributed by atoms with E-state index < -0.39 is 0 Å². The van der Waals surface area contributed by atoms with Gasteiger partial charge in [0, 0.05) is 36.1 Å². The monoisotopic (exact) mass is 469 g/mol. The molecule has 0 spiro atoms. The zero-order valence-corrected chi connectivity index (χ0v) is 20.9. The van der Waals surface area contributed by atoms with E-state index in [1.165, 1.54) is 5.56 Å². The first kappa shape index (κ1) is 24.5. The van der Waals surface area contributed by atoms with E-state index in [2.05, 4.69) is 45.9 Å². The van der Waals surface area contributed by atoms with Crippen molar-refractivity contribution in [2.75, 3.05) is 23.3 Å². The number of benzene rings is 3. The lowest BCUT2D eigenvalue weighted by molar-refractivity contribution is 0.0942. The maximum absolute atomic E-state index is 13.1. The molecule has 0 aromatic heterocycles. The van der Waals surface area contributed by atoms with Gasteiger partial charge in [0.25, 0.3) is 11.8 Å². The minimum Gasteiger partial charge on any atom is -0.371 e. The summed E-state index contributed by atoms with van der Waals surface area (Å²) in [6.45, 7) is 7.65. The quantitative estimate of drug-likeness (QED) is 0.457. The zero-order valence-electron chi connectivity index (χ0n) is 20.9. The highest BCUT2D eigenvalue weighted by molar-refractivity contribution is 6.07. The molecule has 1 heterocycles. The molecular weight excluding hydrogens is 434 g/mol. The van der Waals surface area contributed by atoms with Gasteiger partial charge >= 0.3 is 0 Å². The number of nitrogens with zero attached hydrogens (tertiary/aromatic N) is 1. The molecule has 0 saturated carbocycles. The molecule has 1 saturated heterocycles. The van der Waals surface area contributed by atoms with Crippen LogP contribution in [0.3, 0.4) is 0 Å². The van der Waals surface area contributed by atoms with E-state index in [9.17, 15) is 9.59 Å². The Hall–Kier alpha value is -3.60. The number of hydrogen-bond acceptors (Lipinski definition) is 3. The van der Waals surface area contributed by atoms with Crippen LogP contribution in [0.1, 0.15) is 58.5 Å². The highest BCUT2D eigenvalue weighted by atomic mass is 16.2.